The number of carbonyl (C=O) groups excluding carboxylic acids is 3. The molecule has 0 radical (unpaired) electrons. The lowest BCUT2D eigenvalue weighted by Gasteiger charge is -2.61. The van der Waals surface area contributed by atoms with Gasteiger partial charge in [-0.2, -0.15) is 0 Å². The summed E-state index contributed by atoms with van der Waals surface area (Å²) in [6.07, 6.45) is 10.5. The molecule has 1 aromatic carbocycles. The fraction of sp³-hybridized carbons (Fsp3) is 0.500. The van der Waals surface area contributed by atoms with E-state index in [0.29, 0.717) is 19.3 Å². The molecule has 44 heavy (non-hydrogen) atoms. The Morgan fingerprint density at radius 1 is 0.818 bits per heavy atom. The lowest BCUT2D eigenvalue weighted by molar-refractivity contribution is -0.174. The molecule has 0 heterocycles. The zero-order valence-electron chi connectivity index (χ0n) is 27.9. The number of fused-ring (bicyclic) bond motifs is 2. The van der Waals surface area contributed by atoms with E-state index >= 15 is 9.59 Å². The summed E-state index contributed by atoms with van der Waals surface area (Å²) in [6, 6.07) is 3.58. The number of ketones is 3. The maximum absolute atomic E-state index is 15.2. The van der Waals surface area contributed by atoms with Crippen molar-refractivity contribution in [1.82, 2.24) is 0 Å². The van der Waals surface area contributed by atoms with Gasteiger partial charge < -0.3 is 15.3 Å². The minimum Gasteiger partial charge on any atom is -0.510 e. The number of benzene rings is 1. The smallest absolute Gasteiger partial charge is 0.200 e. The van der Waals surface area contributed by atoms with E-state index in [9.17, 15) is 20.1 Å². The lowest BCUT2D eigenvalue weighted by Crippen LogP contribution is -2.67. The normalized spacial score (nSPS) is 26.2. The third-order valence-corrected chi connectivity index (χ3v) is 9.76. The summed E-state index contributed by atoms with van der Waals surface area (Å²) in [4.78, 5) is 44.5. The van der Waals surface area contributed by atoms with E-state index in [1.165, 1.54) is 12.1 Å². The molecule has 1 saturated carbocycles. The lowest BCUT2D eigenvalue weighted by atomic mass is 9.38. The number of carbonyl (C=O) groups is 3. The van der Waals surface area contributed by atoms with Gasteiger partial charge in [0, 0.05) is 5.56 Å². The highest BCUT2D eigenvalue weighted by Gasteiger charge is 2.73. The second kappa shape index (κ2) is 13.1. The standard InChI is InChI=1S/C38H50O6/c1-23(2)11-10-18-36(9)28(14-12-24(3)4)22-37(19-16-25(5)6)33(42)31(32(41)27-13-15-29(39)30(40)21-27)34(43)38(36,35(37)44)20-17-26(7)8/h11-13,15-17,21,28,39-40,42H,10,14,18-20,22H2,1-9H3/t28-,36+,37-,38+/m1/s1. The van der Waals surface area contributed by atoms with E-state index < -0.39 is 50.6 Å². The highest BCUT2D eigenvalue weighted by atomic mass is 16.3. The molecule has 1 aromatic rings. The monoisotopic (exact) mass is 602 g/mol. The molecule has 0 amide bonds. The first-order chi connectivity index (χ1) is 20.4. The van der Waals surface area contributed by atoms with Crippen LogP contribution in [0.4, 0.5) is 0 Å². The Labute approximate surface area is 263 Å². The number of allylic oxidation sites excluding steroid dienone is 10. The number of Topliss-reactive ketones (excluding diaryl/α,β-unsaturated/α-hetero) is 3. The Hall–Kier alpha value is -3.67. The van der Waals surface area contributed by atoms with Crippen molar-refractivity contribution in [1.29, 1.82) is 0 Å². The molecule has 0 aromatic heterocycles. The highest BCUT2D eigenvalue weighted by Crippen LogP contribution is 2.68. The Kier molecular flexibility index (Phi) is 10.4. The number of aromatic hydroxyl groups is 2. The molecule has 0 aliphatic heterocycles. The van der Waals surface area contributed by atoms with Gasteiger partial charge in [-0.1, -0.05) is 53.5 Å². The molecule has 0 saturated heterocycles. The van der Waals surface area contributed by atoms with E-state index in [-0.39, 0.29) is 36.5 Å². The molecular weight excluding hydrogens is 552 g/mol. The molecule has 238 valence electrons. The molecule has 3 rings (SSSR count). The van der Waals surface area contributed by atoms with Gasteiger partial charge in [0.1, 0.15) is 16.7 Å². The van der Waals surface area contributed by atoms with Gasteiger partial charge in [-0.05, 0) is 123 Å². The van der Waals surface area contributed by atoms with Crippen molar-refractivity contribution in [2.45, 2.75) is 101 Å². The number of phenols is 2. The number of hydrogen-bond donors (Lipinski definition) is 3. The third-order valence-electron chi connectivity index (χ3n) is 9.76. The van der Waals surface area contributed by atoms with Crippen LogP contribution in [-0.2, 0) is 9.59 Å². The van der Waals surface area contributed by atoms with Crippen LogP contribution in [0.1, 0.15) is 111 Å². The maximum atomic E-state index is 15.2. The molecule has 2 aliphatic carbocycles. The fourth-order valence-corrected chi connectivity index (χ4v) is 7.13. The van der Waals surface area contributed by atoms with E-state index in [1.807, 2.05) is 74.5 Å². The van der Waals surface area contributed by atoms with Crippen molar-refractivity contribution in [3.63, 3.8) is 0 Å². The Morgan fingerprint density at radius 3 is 1.93 bits per heavy atom. The summed E-state index contributed by atoms with van der Waals surface area (Å²) >= 11 is 0. The number of hydrogen-bond acceptors (Lipinski definition) is 6. The van der Waals surface area contributed by atoms with Crippen molar-refractivity contribution in [2.24, 2.45) is 22.2 Å². The second-order valence-corrected chi connectivity index (χ2v) is 14.0. The molecule has 2 aliphatic rings. The van der Waals surface area contributed by atoms with Crippen LogP contribution in [0, 0.1) is 22.2 Å². The van der Waals surface area contributed by atoms with Crippen LogP contribution in [-0.4, -0.2) is 32.7 Å². The molecular formula is C38H50O6. The van der Waals surface area contributed by atoms with Gasteiger partial charge in [-0.3, -0.25) is 14.4 Å². The predicted octanol–water partition coefficient (Wildman–Crippen LogP) is 9.06. The fourth-order valence-electron chi connectivity index (χ4n) is 7.13. The first kappa shape index (κ1) is 34.8. The topological polar surface area (TPSA) is 112 Å². The van der Waals surface area contributed by atoms with Crippen molar-refractivity contribution >= 4 is 17.3 Å². The van der Waals surface area contributed by atoms with Crippen molar-refractivity contribution in [2.75, 3.05) is 0 Å². The first-order valence-electron chi connectivity index (χ1n) is 15.6. The van der Waals surface area contributed by atoms with Crippen LogP contribution < -0.4 is 0 Å². The predicted molar refractivity (Wildman–Crippen MR) is 176 cm³/mol. The Morgan fingerprint density at radius 2 is 1.39 bits per heavy atom. The maximum Gasteiger partial charge on any atom is 0.200 e. The van der Waals surface area contributed by atoms with Gasteiger partial charge in [0.15, 0.2) is 28.8 Å². The van der Waals surface area contributed by atoms with Crippen LogP contribution in [0.3, 0.4) is 0 Å². The molecule has 4 atom stereocenters. The first-order valence-corrected chi connectivity index (χ1v) is 15.6. The second-order valence-electron chi connectivity index (χ2n) is 14.0. The zero-order chi connectivity index (χ0) is 33.2. The van der Waals surface area contributed by atoms with Crippen LogP contribution in [0.25, 0.3) is 0 Å². The number of aliphatic hydroxyl groups is 1. The molecule has 3 N–H and O–H groups in total. The minimum atomic E-state index is -1.61. The van der Waals surface area contributed by atoms with Gasteiger partial charge in [-0.15, -0.1) is 0 Å². The summed E-state index contributed by atoms with van der Waals surface area (Å²) in [7, 11) is 0. The zero-order valence-corrected chi connectivity index (χ0v) is 27.9. The van der Waals surface area contributed by atoms with Gasteiger partial charge in [0.05, 0.1) is 5.41 Å². The third kappa shape index (κ3) is 6.13. The minimum absolute atomic E-state index is 0.0512. The van der Waals surface area contributed by atoms with Gasteiger partial charge in [-0.25, -0.2) is 0 Å². The van der Waals surface area contributed by atoms with Crippen molar-refractivity contribution in [3.05, 3.63) is 81.7 Å². The van der Waals surface area contributed by atoms with E-state index in [0.717, 1.165) is 28.4 Å². The molecule has 0 spiro atoms. The molecule has 1 fully saturated rings. The Bertz CT molecular complexity index is 1480. The summed E-state index contributed by atoms with van der Waals surface area (Å²) < 4.78 is 0. The molecule has 0 unspecified atom stereocenters. The number of phenolic OH excluding ortho intramolecular Hbond substituents is 2. The summed E-state index contributed by atoms with van der Waals surface area (Å²) in [5.41, 5.74) is -0.192. The van der Waals surface area contributed by atoms with Gasteiger partial charge >= 0.3 is 0 Å². The van der Waals surface area contributed by atoms with Gasteiger partial charge in [0.2, 0.25) is 0 Å². The van der Waals surface area contributed by atoms with Crippen molar-refractivity contribution < 1.29 is 29.7 Å². The summed E-state index contributed by atoms with van der Waals surface area (Å²) in [5, 5.41) is 32.2. The van der Waals surface area contributed by atoms with Gasteiger partial charge in [0.25, 0.3) is 0 Å². The van der Waals surface area contributed by atoms with Crippen LogP contribution in [0.5, 0.6) is 11.5 Å². The number of rotatable bonds is 11. The molecule has 6 nitrogen and oxygen atoms in total. The van der Waals surface area contributed by atoms with Crippen LogP contribution in [0.2, 0.25) is 0 Å². The Balaban J connectivity index is 2.49. The largest absolute Gasteiger partial charge is 0.510 e. The van der Waals surface area contributed by atoms with E-state index in [2.05, 4.69) is 12.2 Å². The van der Waals surface area contributed by atoms with E-state index in [1.54, 1.807) is 0 Å². The summed E-state index contributed by atoms with van der Waals surface area (Å²) in [6.45, 7) is 17.8. The van der Waals surface area contributed by atoms with E-state index in [4.69, 9.17) is 0 Å². The van der Waals surface area contributed by atoms with Crippen molar-refractivity contribution in [3.8, 4) is 11.5 Å². The average Bonchev–Trinajstić information content (AvgIpc) is 2.92. The summed E-state index contributed by atoms with van der Waals surface area (Å²) in [5.74, 6) is -3.29. The SMILES string of the molecule is CC(C)=CCC[C@@]1(C)[C@H](CC=C(C)C)C[C@@]2(CC=C(C)C)C(=O)[C@]1(CC=C(C)C)C(=O)C(C(=O)c1ccc(O)c(O)c1)=C2O. The van der Waals surface area contributed by atoms with Crippen LogP contribution >= 0.6 is 0 Å². The average molecular weight is 603 g/mol. The highest BCUT2D eigenvalue weighted by molar-refractivity contribution is 6.35. The molecule has 2 bridgehead atoms. The molecule has 6 heteroatoms. The van der Waals surface area contributed by atoms with Crippen LogP contribution in [0.15, 0.2) is 76.1 Å². The quantitative estimate of drug-likeness (QED) is 0.0766. The number of aliphatic hydroxyl groups excluding tert-OH is 1.